The first-order valence-electron chi connectivity index (χ1n) is 4.42. The van der Waals surface area contributed by atoms with Gasteiger partial charge in [0.05, 0.1) is 17.2 Å². The van der Waals surface area contributed by atoms with Crippen LogP contribution in [0.2, 0.25) is 10.0 Å². The van der Waals surface area contributed by atoms with Gasteiger partial charge in [0.15, 0.2) is 5.75 Å². The number of aryl methyl sites for hydroxylation is 1. The van der Waals surface area contributed by atoms with Crippen molar-refractivity contribution < 1.29 is 4.74 Å². The number of benzene rings is 1. The second kappa shape index (κ2) is 3.87. The van der Waals surface area contributed by atoms with Crippen molar-refractivity contribution in [2.75, 3.05) is 7.11 Å². The first-order chi connectivity index (χ1) is 7.15. The van der Waals surface area contributed by atoms with E-state index in [-0.39, 0.29) is 0 Å². The molecule has 4 heteroatoms. The number of hydrogen-bond acceptors (Lipinski definition) is 2. The summed E-state index contributed by atoms with van der Waals surface area (Å²) in [7, 11) is 1.57. The molecule has 0 spiro atoms. The Hall–Kier alpha value is -0.990. The minimum atomic E-state index is 0.539. The second-order valence-electron chi connectivity index (χ2n) is 3.23. The van der Waals surface area contributed by atoms with E-state index >= 15 is 0 Å². The second-order valence-corrected chi connectivity index (χ2v) is 4.02. The molecule has 0 aliphatic carbocycles. The smallest absolute Gasteiger partial charge is 0.163 e. The molecule has 0 amide bonds. The fraction of sp³-hybridized carbons (Fsp3) is 0.182. The lowest BCUT2D eigenvalue weighted by molar-refractivity contribution is 0.419. The molecule has 1 heterocycles. The van der Waals surface area contributed by atoms with Crippen molar-refractivity contribution in [3.63, 3.8) is 0 Å². The lowest BCUT2D eigenvalue weighted by Crippen LogP contribution is -1.90. The third-order valence-electron chi connectivity index (χ3n) is 2.26. The van der Waals surface area contributed by atoms with Gasteiger partial charge in [0.2, 0.25) is 0 Å². The molecule has 0 saturated heterocycles. The number of nitrogens with zero attached hydrogens (tertiary/aromatic N) is 1. The molecule has 0 N–H and O–H groups in total. The van der Waals surface area contributed by atoms with Gasteiger partial charge in [-0.25, -0.2) is 0 Å². The van der Waals surface area contributed by atoms with Crippen LogP contribution in [-0.2, 0) is 0 Å². The van der Waals surface area contributed by atoms with Crippen molar-refractivity contribution in [3.05, 3.63) is 33.9 Å². The number of rotatable bonds is 1. The molecule has 0 saturated carbocycles. The van der Waals surface area contributed by atoms with E-state index in [1.807, 2.05) is 13.0 Å². The Morgan fingerprint density at radius 3 is 2.67 bits per heavy atom. The van der Waals surface area contributed by atoms with Crippen LogP contribution in [0.1, 0.15) is 5.56 Å². The summed E-state index contributed by atoms with van der Waals surface area (Å²) in [5, 5.41) is 2.09. The van der Waals surface area contributed by atoms with Crippen LogP contribution in [0.5, 0.6) is 5.75 Å². The van der Waals surface area contributed by atoms with E-state index in [2.05, 4.69) is 4.98 Å². The SMILES string of the molecule is COc1c(Cl)ccc2c(Cl)c(C)cnc12. The standard InChI is InChI=1S/C11H9Cl2NO/c1-6-5-14-10-7(9(6)13)3-4-8(12)11(10)15-2/h3-5H,1-2H3. The molecule has 0 aliphatic heterocycles. The largest absolute Gasteiger partial charge is 0.493 e. The number of halogens is 2. The van der Waals surface area contributed by atoms with Crippen LogP contribution in [0.25, 0.3) is 10.9 Å². The monoisotopic (exact) mass is 241 g/mol. The molecule has 2 aromatic rings. The minimum Gasteiger partial charge on any atom is -0.493 e. The highest BCUT2D eigenvalue weighted by molar-refractivity contribution is 6.37. The quantitative estimate of drug-likeness (QED) is 0.757. The molecule has 1 aromatic carbocycles. The van der Waals surface area contributed by atoms with Gasteiger partial charge in [0.1, 0.15) is 5.52 Å². The Balaban J connectivity index is 2.89. The fourth-order valence-corrected chi connectivity index (χ4v) is 1.91. The highest BCUT2D eigenvalue weighted by atomic mass is 35.5. The molecule has 0 unspecified atom stereocenters. The first kappa shape index (κ1) is 10.5. The zero-order chi connectivity index (χ0) is 11.0. The number of hydrogen-bond donors (Lipinski definition) is 0. The summed E-state index contributed by atoms with van der Waals surface area (Å²) in [5.74, 6) is 0.566. The van der Waals surface area contributed by atoms with Gasteiger partial charge >= 0.3 is 0 Å². The van der Waals surface area contributed by atoms with E-state index in [1.165, 1.54) is 0 Å². The molecule has 0 atom stereocenters. The highest BCUT2D eigenvalue weighted by Crippen LogP contribution is 2.35. The van der Waals surface area contributed by atoms with Crippen LogP contribution < -0.4 is 4.74 Å². The van der Waals surface area contributed by atoms with Crippen LogP contribution in [-0.4, -0.2) is 12.1 Å². The lowest BCUT2D eigenvalue weighted by atomic mass is 10.1. The maximum Gasteiger partial charge on any atom is 0.163 e. The minimum absolute atomic E-state index is 0.539. The first-order valence-corrected chi connectivity index (χ1v) is 5.18. The molecule has 0 radical (unpaired) electrons. The van der Waals surface area contributed by atoms with E-state index in [1.54, 1.807) is 19.4 Å². The van der Waals surface area contributed by atoms with Crippen molar-refractivity contribution in [1.29, 1.82) is 0 Å². The Labute approximate surface area is 97.8 Å². The molecule has 1 aromatic heterocycles. The molecule has 0 aliphatic rings. The van der Waals surface area contributed by atoms with Crippen LogP contribution in [0.4, 0.5) is 0 Å². The summed E-state index contributed by atoms with van der Waals surface area (Å²) in [6.45, 7) is 1.91. The molecule has 2 nitrogen and oxygen atoms in total. The van der Waals surface area contributed by atoms with E-state index in [9.17, 15) is 0 Å². The summed E-state index contributed by atoms with van der Waals surface area (Å²) >= 11 is 12.2. The molecule has 0 fully saturated rings. The summed E-state index contributed by atoms with van der Waals surface area (Å²) in [6.07, 6.45) is 1.71. The van der Waals surface area contributed by atoms with Crippen LogP contribution >= 0.6 is 23.2 Å². The van der Waals surface area contributed by atoms with Gasteiger partial charge in [-0.15, -0.1) is 0 Å². The van der Waals surface area contributed by atoms with Crippen molar-refractivity contribution in [2.45, 2.75) is 6.92 Å². The van der Waals surface area contributed by atoms with Gasteiger partial charge in [-0.3, -0.25) is 4.98 Å². The van der Waals surface area contributed by atoms with Gasteiger partial charge in [0, 0.05) is 11.6 Å². The van der Waals surface area contributed by atoms with E-state index in [0.717, 1.165) is 10.9 Å². The van der Waals surface area contributed by atoms with Crippen molar-refractivity contribution in [1.82, 2.24) is 4.98 Å². The maximum absolute atomic E-state index is 6.17. The van der Waals surface area contributed by atoms with Crippen LogP contribution in [0, 0.1) is 6.92 Å². The van der Waals surface area contributed by atoms with E-state index in [4.69, 9.17) is 27.9 Å². The zero-order valence-electron chi connectivity index (χ0n) is 8.34. The number of fused-ring (bicyclic) bond motifs is 1. The third-order valence-corrected chi connectivity index (χ3v) is 3.06. The van der Waals surface area contributed by atoms with Crippen molar-refractivity contribution >= 4 is 34.1 Å². The average molecular weight is 242 g/mol. The van der Waals surface area contributed by atoms with E-state index < -0.39 is 0 Å². The predicted molar refractivity (Wildman–Crippen MR) is 63.1 cm³/mol. The third kappa shape index (κ3) is 1.64. The van der Waals surface area contributed by atoms with Gasteiger partial charge in [-0.05, 0) is 24.6 Å². The summed E-state index contributed by atoms with van der Waals surface area (Å²) in [5.41, 5.74) is 1.63. The summed E-state index contributed by atoms with van der Waals surface area (Å²) in [6, 6.07) is 3.61. The van der Waals surface area contributed by atoms with Crippen LogP contribution in [0.3, 0.4) is 0 Å². The van der Waals surface area contributed by atoms with Gasteiger partial charge in [0.25, 0.3) is 0 Å². The van der Waals surface area contributed by atoms with Gasteiger partial charge < -0.3 is 4.74 Å². The highest BCUT2D eigenvalue weighted by Gasteiger charge is 2.11. The van der Waals surface area contributed by atoms with Gasteiger partial charge in [-0.2, -0.15) is 0 Å². The Morgan fingerprint density at radius 1 is 1.27 bits per heavy atom. The van der Waals surface area contributed by atoms with Crippen LogP contribution in [0.15, 0.2) is 18.3 Å². The van der Waals surface area contributed by atoms with Gasteiger partial charge in [-0.1, -0.05) is 23.2 Å². The summed E-state index contributed by atoms with van der Waals surface area (Å²) < 4.78 is 5.20. The predicted octanol–water partition coefficient (Wildman–Crippen LogP) is 3.86. The Kier molecular flexibility index (Phi) is 2.72. The zero-order valence-corrected chi connectivity index (χ0v) is 9.86. The normalized spacial score (nSPS) is 10.7. The number of aromatic nitrogens is 1. The Bertz CT molecular complexity index is 525. The molecule has 78 valence electrons. The number of ether oxygens (including phenoxy) is 1. The molecule has 0 bridgehead atoms. The topological polar surface area (TPSA) is 22.1 Å². The van der Waals surface area contributed by atoms with Crippen molar-refractivity contribution in [2.24, 2.45) is 0 Å². The Morgan fingerprint density at radius 2 is 2.00 bits per heavy atom. The van der Waals surface area contributed by atoms with Crippen molar-refractivity contribution in [3.8, 4) is 5.75 Å². The maximum atomic E-state index is 6.17. The lowest BCUT2D eigenvalue weighted by Gasteiger charge is -2.08. The average Bonchev–Trinajstić information content (AvgIpc) is 2.23. The van der Waals surface area contributed by atoms with E-state index in [0.29, 0.717) is 21.3 Å². The molecule has 15 heavy (non-hydrogen) atoms. The number of methoxy groups -OCH3 is 1. The number of pyridine rings is 1. The molecular weight excluding hydrogens is 233 g/mol. The summed E-state index contributed by atoms with van der Waals surface area (Å²) in [4.78, 5) is 4.28. The molecule has 2 rings (SSSR count). The molecular formula is C11H9Cl2NO. The fourth-order valence-electron chi connectivity index (χ4n) is 1.48.